The number of carbonyl (C=O) groups is 2. The third kappa shape index (κ3) is 2.99. The average molecular weight is 280 g/mol. The molecule has 0 amide bonds. The van der Waals surface area contributed by atoms with Crippen molar-refractivity contribution in [3.8, 4) is 0 Å². The summed E-state index contributed by atoms with van der Waals surface area (Å²) in [6.07, 6.45) is 4.39. The first kappa shape index (κ1) is 14.9. The first-order valence-corrected chi connectivity index (χ1v) is 6.90. The highest BCUT2D eigenvalue weighted by atomic mass is 16.6. The topological polar surface area (TPSA) is 83.8 Å². The highest BCUT2D eigenvalue weighted by Crippen LogP contribution is 2.35. The maximum absolute atomic E-state index is 11.7. The van der Waals surface area contributed by atoms with Gasteiger partial charge >= 0.3 is 5.97 Å². The smallest absolute Gasteiger partial charge is 0.309 e. The molecule has 20 heavy (non-hydrogen) atoms. The lowest BCUT2D eigenvalue weighted by Crippen LogP contribution is -2.32. The Balaban J connectivity index is 2.34. The number of rotatable bonds is 2. The number of fused-ring (bicyclic) bond motifs is 1. The lowest BCUT2D eigenvalue weighted by atomic mass is 9.82. The highest BCUT2D eigenvalue weighted by Gasteiger charge is 2.44. The SMILES string of the molecule is C[C@H]1C(=O)O[C@@H]2/C=C(\CO)CC/C=C(/C=O)C[C@H](O)[C@H]21. The zero-order chi connectivity index (χ0) is 14.7. The average Bonchev–Trinajstić information content (AvgIpc) is 2.71. The van der Waals surface area contributed by atoms with Crippen molar-refractivity contribution < 1.29 is 24.5 Å². The van der Waals surface area contributed by atoms with E-state index in [0.29, 0.717) is 18.4 Å². The molecule has 2 rings (SSSR count). The molecule has 1 aliphatic carbocycles. The number of ether oxygens (including phenoxy) is 1. The number of hydrogen-bond donors (Lipinski definition) is 2. The van der Waals surface area contributed by atoms with Crippen molar-refractivity contribution in [2.75, 3.05) is 6.61 Å². The van der Waals surface area contributed by atoms with E-state index >= 15 is 0 Å². The Morgan fingerprint density at radius 1 is 1.50 bits per heavy atom. The van der Waals surface area contributed by atoms with Gasteiger partial charge in [0.15, 0.2) is 0 Å². The lowest BCUT2D eigenvalue weighted by Gasteiger charge is -2.24. The van der Waals surface area contributed by atoms with Crippen LogP contribution >= 0.6 is 0 Å². The van der Waals surface area contributed by atoms with Crippen LogP contribution in [0.25, 0.3) is 0 Å². The first-order chi connectivity index (χ1) is 9.56. The predicted molar refractivity (Wildman–Crippen MR) is 71.7 cm³/mol. The van der Waals surface area contributed by atoms with Crippen molar-refractivity contribution in [1.82, 2.24) is 0 Å². The number of carbonyl (C=O) groups excluding carboxylic acids is 2. The van der Waals surface area contributed by atoms with Crippen molar-refractivity contribution in [3.05, 3.63) is 23.3 Å². The van der Waals surface area contributed by atoms with Gasteiger partial charge in [0.1, 0.15) is 12.4 Å². The van der Waals surface area contributed by atoms with E-state index in [1.165, 1.54) is 0 Å². The molecule has 4 atom stereocenters. The molecule has 0 radical (unpaired) electrons. The zero-order valence-corrected chi connectivity index (χ0v) is 11.5. The van der Waals surface area contributed by atoms with Crippen LogP contribution in [0.15, 0.2) is 23.3 Å². The van der Waals surface area contributed by atoms with Crippen LogP contribution in [0.3, 0.4) is 0 Å². The molecule has 0 saturated carbocycles. The zero-order valence-electron chi connectivity index (χ0n) is 11.5. The summed E-state index contributed by atoms with van der Waals surface area (Å²) in [6.45, 7) is 1.61. The summed E-state index contributed by atoms with van der Waals surface area (Å²) in [4.78, 5) is 22.7. The van der Waals surface area contributed by atoms with E-state index in [-0.39, 0.29) is 24.9 Å². The Hall–Kier alpha value is -1.46. The van der Waals surface area contributed by atoms with Crippen LogP contribution in [0.1, 0.15) is 26.2 Å². The third-order valence-electron chi connectivity index (χ3n) is 4.10. The monoisotopic (exact) mass is 280 g/mol. The normalized spacial score (nSPS) is 39.9. The Morgan fingerprint density at radius 3 is 2.90 bits per heavy atom. The largest absolute Gasteiger partial charge is 0.457 e. The second-order valence-electron chi connectivity index (χ2n) is 5.46. The fourth-order valence-corrected chi connectivity index (χ4v) is 2.91. The fraction of sp³-hybridized carbons (Fsp3) is 0.600. The number of hydrogen-bond acceptors (Lipinski definition) is 5. The third-order valence-corrected chi connectivity index (χ3v) is 4.10. The molecule has 0 bridgehead atoms. The molecular weight excluding hydrogens is 260 g/mol. The Kier molecular flexibility index (Phi) is 4.73. The summed E-state index contributed by atoms with van der Waals surface area (Å²) in [5, 5.41) is 19.7. The molecular formula is C15H20O5. The van der Waals surface area contributed by atoms with Gasteiger partial charge in [-0.3, -0.25) is 9.59 Å². The highest BCUT2D eigenvalue weighted by molar-refractivity contribution is 5.76. The summed E-state index contributed by atoms with van der Waals surface area (Å²) >= 11 is 0. The van der Waals surface area contributed by atoms with Gasteiger partial charge in [-0.15, -0.1) is 0 Å². The minimum absolute atomic E-state index is 0.116. The Labute approximate surface area is 117 Å². The van der Waals surface area contributed by atoms with E-state index in [9.17, 15) is 19.8 Å². The molecule has 0 aromatic heterocycles. The second kappa shape index (κ2) is 6.33. The molecule has 1 saturated heterocycles. The van der Waals surface area contributed by atoms with Crippen molar-refractivity contribution in [1.29, 1.82) is 0 Å². The number of allylic oxidation sites excluding steroid dienone is 1. The fourth-order valence-electron chi connectivity index (χ4n) is 2.91. The van der Waals surface area contributed by atoms with Gasteiger partial charge in [0.05, 0.1) is 18.6 Å². The standard InChI is InChI=1S/C15H20O5/c1-9-14-12(18)5-10(7-16)3-2-4-11(8-17)6-13(14)20-15(9)19/h3,6-7,9,12-14,17-18H,2,4-5,8H2,1H3/b10-3+,11-6-/t9-,12+,13-,14-/m1/s1. The second-order valence-corrected chi connectivity index (χ2v) is 5.46. The molecule has 0 aromatic carbocycles. The minimum atomic E-state index is -0.813. The van der Waals surface area contributed by atoms with Crippen LogP contribution in [-0.2, 0) is 14.3 Å². The van der Waals surface area contributed by atoms with Crippen LogP contribution in [0.5, 0.6) is 0 Å². The number of aliphatic hydroxyl groups is 2. The van der Waals surface area contributed by atoms with Gasteiger partial charge in [0, 0.05) is 12.3 Å². The molecule has 0 unspecified atom stereocenters. The van der Waals surface area contributed by atoms with E-state index in [1.807, 2.05) is 0 Å². The van der Waals surface area contributed by atoms with Gasteiger partial charge in [-0.25, -0.2) is 0 Å². The molecule has 1 heterocycles. The molecule has 1 fully saturated rings. The number of aliphatic hydroxyl groups excluding tert-OH is 2. The number of esters is 1. The van der Waals surface area contributed by atoms with E-state index in [1.54, 1.807) is 19.1 Å². The summed E-state index contributed by atoms with van der Waals surface area (Å²) in [6, 6.07) is 0. The quantitative estimate of drug-likeness (QED) is 0.443. The number of aldehydes is 1. The molecule has 2 aliphatic rings. The molecule has 1 aliphatic heterocycles. The summed E-state index contributed by atoms with van der Waals surface area (Å²) in [5.74, 6) is -1.15. The van der Waals surface area contributed by atoms with Gasteiger partial charge in [0.2, 0.25) is 0 Å². The van der Waals surface area contributed by atoms with E-state index in [4.69, 9.17) is 4.74 Å². The van der Waals surface area contributed by atoms with Gasteiger partial charge in [0.25, 0.3) is 0 Å². The summed E-state index contributed by atoms with van der Waals surface area (Å²) in [5.41, 5.74) is 1.29. The van der Waals surface area contributed by atoms with E-state index < -0.39 is 18.1 Å². The molecule has 5 nitrogen and oxygen atoms in total. The van der Waals surface area contributed by atoms with Crippen molar-refractivity contribution in [3.63, 3.8) is 0 Å². The van der Waals surface area contributed by atoms with Gasteiger partial charge in [-0.05, 0) is 30.1 Å². The van der Waals surface area contributed by atoms with Crippen LogP contribution < -0.4 is 0 Å². The van der Waals surface area contributed by atoms with Gasteiger partial charge < -0.3 is 14.9 Å². The van der Waals surface area contributed by atoms with Crippen molar-refractivity contribution in [2.24, 2.45) is 11.8 Å². The summed E-state index contributed by atoms with van der Waals surface area (Å²) < 4.78 is 5.29. The molecule has 5 heteroatoms. The van der Waals surface area contributed by atoms with Gasteiger partial charge in [-0.1, -0.05) is 13.0 Å². The Bertz CT molecular complexity index is 451. The van der Waals surface area contributed by atoms with Crippen molar-refractivity contribution in [2.45, 2.75) is 38.4 Å². The van der Waals surface area contributed by atoms with Crippen LogP contribution in [0.4, 0.5) is 0 Å². The Morgan fingerprint density at radius 2 is 2.25 bits per heavy atom. The first-order valence-electron chi connectivity index (χ1n) is 6.90. The van der Waals surface area contributed by atoms with E-state index in [2.05, 4.69) is 0 Å². The molecule has 0 aromatic rings. The summed E-state index contributed by atoms with van der Waals surface area (Å²) in [7, 11) is 0. The predicted octanol–water partition coefficient (Wildman–Crippen LogP) is 0.753. The molecule has 0 spiro atoms. The van der Waals surface area contributed by atoms with E-state index in [0.717, 1.165) is 11.9 Å². The maximum Gasteiger partial charge on any atom is 0.309 e. The van der Waals surface area contributed by atoms with Crippen LogP contribution in [0.2, 0.25) is 0 Å². The molecule has 2 N–H and O–H groups in total. The minimum Gasteiger partial charge on any atom is -0.457 e. The van der Waals surface area contributed by atoms with Gasteiger partial charge in [-0.2, -0.15) is 0 Å². The van der Waals surface area contributed by atoms with Crippen molar-refractivity contribution >= 4 is 12.3 Å². The van der Waals surface area contributed by atoms with Crippen LogP contribution in [0, 0.1) is 11.8 Å². The van der Waals surface area contributed by atoms with Crippen LogP contribution in [-0.4, -0.2) is 41.3 Å². The maximum atomic E-state index is 11.7. The lowest BCUT2D eigenvalue weighted by molar-refractivity contribution is -0.142. The molecule has 110 valence electrons.